The van der Waals surface area contributed by atoms with E-state index in [4.69, 9.17) is 9.47 Å². The van der Waals surface area contributed by atoms with Crippen LogP contribution in [-0.4, -0.2) is 49.0 Å². The number of aliphatic hydroxyl groups excluding tert-OH is 1. The summed E-state index contributed by atoms with van der Waals surface area (Å²) in [6, 6.07) is 0. The minimum atomic E-state index is 0.277. The van der Waals surface area contributed by atoms with Gasteiger partial charge in [0.25, 0.3) is 0 Å². The maximum absolute atomic E-state index is 9.76. The summed E-state index contributed by atoms with van der Waals surface area (Å²) in [6.45, 7) is 11.2. The first-order valence-electron chi connectivity index (χ1n) is 25.8. The minimum Gasteiger partial charge on any atom is -0.498 e. The molecular weight excluding hydrogens is 687 g/mol. The molecule has 0 aromatic rings. The molecule has 2 fully saturated rings. The monoisotopic (exact) mass is 786 g/mol. The molecule has 2 rings (SSSR count). The molecule has 0 saturated heterocycles. The molecule has 2 aliphatic rings. The third-order valence-electron chi connectivity index (χ3n) is 13.0. The predicted octanol–water partition coefficient (Wildman–Crippen LogP) is 16.5. The molecule has 0 aromatic carbocycles. The maximum Gasteiger partial charge on any atom is 0.0982 e. The molecule has 0 atom stereocenters. The molecule has 4 nitrogen and oxygen atoms in total. The molecule has 1 N–H and O–H groups in total. The summed E-state index contributed by atoms with van der Waals surface area (Å²) in [5.41, 5.74) is 3.26. The van der Waals surface area contributed by atoms with Gasteiger partial charge >= 0.3 is 0 Å². The van der Waals surface area contributed by atoms with Crippen LogP contribution in [0.3, 0.4) is 0 Å². The van der Waals surface area contributed by atoms with Crippen molar-refractivity contribution >= 4 is 0 Å². The summed E-state index contributed by atoms with van der Waals surface area (Å²) in [5, 5.41) is 9.76. The Kier molecular flexibility index (Phi) is 34.9. The van der Waals surface area contributed by atoms with E-state index in [1.54, 1.807) is 11.1 Å². The molecule has 0 bridgehead atoms. The fraction of sp³-hybridized carbons (Fsp3) is 0.923. The highest BCUT2D eigenvalue weighted by atomic mass is 16.5. The van der Waals surface area contributed by atoms with E-state index in [1.807, 2.05) is 0 Å². The van der Waals surface area contributed by atoms with E-state index < -0.39 is 0 Å². The first-order valence-corrected chi connectivity index (χ1v) is 25.8. The van der Waals surface area contributed by atoms with Crippen LogP contribution in [0.25, 0.3) is 0 Å². The normalized spacial score (nSPS) is 14.1. The van der Waals surface area contributed by atoms with Gasteiger partial charge in [-0.15, -0.1) is 0 Å². The van der Waals surface area contributed by atoms with Crippen molar-refractivity contribution in [1.29, 1.82) is 0 Å². The van der Waals surface area contributed by atoms with Gasteiger partial charge in [0.05, 0.1) is 30.8 Å². The molecule has 0 spiro atoms. The first kappa shape index (κ1) is 51.1. The van der Waals surface area contributed by atoms with Gasteiger partial charge in [-0.1, -0.05) is 162 Å². The highest BCUT2D eigenvalue weighted by molar-refractivity contribution is 5.16. The van der Waals surface area contributed by atoms with Crippen molar-refractivity contribution in [2.45, 2.75) is 277 Å². The van der Waals surface area contributed by atoms with E-state index in [2.05, 4.69) is 25.7 Å². The number of rotatable bonds is 43. The first-order chi connectivity index (χ1) is 27.7. The Morgan fingerprint density at radius 1 is 0.464 bits per heavy atom. The van der Waals surface area contributed by atoms with E-state index in [1.165, 1.54) is 249 Å². The number of aliphatic hydroxyl groups is 1. The molecule has 0 heterocycles. The zero-order valence-electron chi connectivity index (χ0n) is 38.4. The number of nitrogens with zero attached hydrogens (tertiary/aromatic N) is 1. The number of hydrogen-bond acceptors (Lipinski definition) is 4. The molecule has 330 valence electrons. The Hall–Kier alpha value is -1.00. The average Bonchev–Trinajstić information content (AvgIpc) is 3.15. The third kappa shape index (κ3) is 27.6. The van der Waals surface area contributed by atoms with Crippen LogP contribution in [-0.2, 0) is 9.47 Å². The molecule has 56 heavy (non-hydrogen) atoms. The minimum absolute atomic E-state index is 0.277. The highest BCUT2D eigenvalue weighted by Crippen LogP contribution is 2.34. The van der Waals surface area contributed by atoms with E-state index in [0.29, 0.717) is 6.10 Å². The third-order valence-corrected chi connectivity index (χ3v) is 13.0. The van der Waals surface area contributed by atoms with E-state index in [9.17, 15) is 5.11 Å². The van der Waals surface area contributed by atoms with Gasteiger partial charge in [-0.3, -0.25) is 0 Å². The SMILES string of the molecule is CCCCCCCCCCCOC(CCCCCN(CCO)CCCCCCCC(OC(CCCCCCCC)CCCCCCCC)=C1CCC1)=C1CCC1. The summed E-state index contributed by atoms with van der Waals surface area (Å²) in [6.07, 6.45) is 52.1. The second-order valence-electron chi connectivity index (χ2n) is 18.2. The summed E-state index contributed by atoms with van der Waals surface area (Å²) in [4.78, 5) is 2.52. The van der Waals surface area contributed by atoms with Gasteiger partial charge in [0.15, 0.2) is 0 Å². The molecule has 2 saturated carbocycles. The van der Waals surface area contributed by atoms with Gasteiger partial charge in [0.1, 0.15) is 0 Å². The largest absolute Gasteiger partial charge is 0.498 e. The van der Waals surface area contributed by atoms with Crippen molar-refractivity contribution in [2.75, 3.05) is 32.8 Å². The Balaban J connectivity index is 1.60. The average molecular weight is 786 g/mol. The zero-order chi connectivity index (χ0) is 40.0. The highest BCUT2D eigenvalue weighted by Gasteiger charge is 2.20. The van der Waals surface area contributed by atoms with Gasteiger partial charge in [-0.05, 0) is 121 Å². The summed E-state index contributed by atoms with van der Waals surface area (Å²) >= 11 is 0. The lowest BCUT2D eigenvalue weighted by atomic mass is 9.89. The molecule has 0 amide bonds. The van der Waals surface area contributed by atoms with E-state index in [0.717, 1.165) is 39.1 Å². The van der Waals surface area contributed by atoms with E-state index in [-0.39, 0.29) is 6.61 Å². The quantitative estimate of drug-likeness (QED) is 0.0494. The lowest BCUT2D eigenvalue weighted by molar-refractivity contribution is 0.0834. The lowest BCUT2D eigenvalue weighted by Crippen LogP contribution is -2.29. The van der Waals surface area contributed by atoms with Gasteiger partial charge in [-0.25, -0.2) is 0 Å². The molecule has 0 aromatic heterocycles. The number of unbranched alkanes of at least 4 members (excludes halogenated alkanes) is 24. The van der Waals surface area contributed by atoms with Crippen molar-refractivity contribution in [3.63, 3.8) is 0 Å². The number of hydrogen-bond donors (Lipinski definition) is 1. The van der Waals surface area contributed by atoms with Crippen molar-refractivity contribution in [1.82, 2.24) is 4.90 Å². The van der Waals surface area contributed by atoms with Gasteiger partial charge < -0.3 is 19.5 Å². The number of ether oxygens (including phenoxy) is 2. The van der Waals surface area contributed by atoms with Crippen LogP contribution >= 0.6 is 0 Å². The summed E-state index contributed by atoms with van der Waals surface area (Å²) in [7, 11) is 0. The topological polar surface area (TPSA) is 41.9 Å². The van der Waals surface area contributed by atoms with Crippen molar-refractivity contribution in [3.8, 4) is 0 Å². The van der Waals surface area contributed by atoms with Gasteiger partial charge in [-0.2, -0.15) is 0 Å². The van der Waals surface area contributed by atoms with Gasteiger partial charge in [0, 0.05) is 19.4 Å². The fourth-order valence-electron chi connectivity index (χ4n) is 8.74. The fourth-order valence-corrected chi connectivity index (χ4v) is 8.74. The smallest absolute Gasteiger partial charge is 0.0982 e. The molecular formula is C52H99NO3. The van der Waals surface area contributed by atoms with Crippen LogP contribution in [0.5, 0.6) is 0 Å². The molecule has 0 aliphatic heterocycles. The van der Waals surface area contributed by atoms with E-state index >= 15 is 0 Å². The Morgan fingerprint density at radius 3 is 1.32 bits per heavy atom. The van der Waals surface area contributed by atoms with Crippen molar-refractivity contribution < 1.29 is 14.6 Å². The second kappa shape index (κ2) is 38.2. The van der Waals surface area contributed by atoms with Crippen LogP contribution < -0.4 is 0 Å². The Bertz CT molecular complexity index is 899. The zero-order valence-corrected chi connectivity index (χ0v) is 38.4. The maximum atomic E-state index is 9.76. The predicted molar refractivity (Wildman–Crippen MR) is 245 cm³/mol. The van der Waals surface area contributed by atoms with Crippen LogP contribution in [0.4, 0.5) is 0 Å². The van der Waals surface area contributed by atoms with Crippen molar-refractivity contribution in [3.05, 3.63) is 22.7 Å². The summed E-state index contributed by atoms with van der Waals surface area (Å²) in [5.74, 6) is 2.76. The number of allylic oxidation sites excluding steroid dienone is 4. The van der Waals surface area contributed by atoms with Crippen molar-refractivity contribution in [2.24, 2.45) is 0 Å². The standard InChI is InChI=1S/C52H99NO3/c1-4-7-10-13-16-17-18-24-32-47-55-51(48-35-33-36-48)41-29-25-31-44-53(45-46-54)43-30-23-19-22-28-42-52(49-37-34-38-49)56-50(39-26-20-14-11-8-5-2)40-27-21-15-12-9-6-3/h50,54H,4-47H2,1-3H3. The van der Waals surface area contributed by atoms with Crippen LogP contribution in [0.1, 0.15) is 271 Å². The molecule has 0 unspecified atom stereocenters. The summed E-state index contributed by atoms with van der Waals surface area (Å²) < 4.78 is 13.4. The van der Waals surface area contributed by atoms with Crippen LogP contribution in [0.2, 0.25) is 0 Å². The Morgan fingerprint density at radius 2 is 0.857 bits per heavy atom. The van der Waals surface area contributed by atoms with Crippen LogP contribution in [0, 0.1) is 0 Å². The lowest BCUT2D eigenvalue weighted by Gasteiger charge is -2.27. The second-order valence-corrected chi connectivity index (χ2v) is 18.2. The Labute approximate surface area is 351 Å². The van der Waals surface area contributed by atoms with Crippen LogP contribution in [0.15, 0.2) is 22.7 Å². The molecule has 0 radical (unpaired) electrons. The molecule has 2 aliphatic carbocycles. The molecule has 4 heteroatoms. The van der Waals surface area contributed by atoms with Gasteiger partial charge in [0.2, 0.25) is 0 Å².